The quantitative estimate of drug-likeness (QED) is 0.175. The van der Waals surface area contributed by atoms with Crippen LogP contribution < -0.4 is 20.5 Å². The zero-order valence-corrected chi connectivity index (χ0v) is 20.3. The van der Waals surface area contributed by atoms with Gasteiger partial charge in [0.1, 0.15) is 11.5 Å². The molecule has 1 aromatic heterocycles. The fourth-order valence-electron chi connectivity index (χ4n) is 3.50. The first kappa shape index (κ1) is 24.0. The third-order valence-electron chi connectivity index (χ3n) is 5.27. The summed E-state index contributed by atoms with van der Waals surface area (Å²) in [4.78, 5) is 30.5. The van der Waals surface area contributed by atoms with Gasteiger partial charge in [0, 0.05) is 11.6 Å². The monoisotopic (exact) mass is 488 g/mol. The van der Waals surface area contributed by atoms with E-state index in [2.05, 4.69) is 15.5 Å². The molecule has 178 valence electrons. The summed E-state index contributed by atoms with van der Waals surface area (Å²) in [6.45, 7) is 1.93. The van der Waals surface area contributed by atoms with Crippen LogP contribution in [0.3, 0.4) is 0 Å². The molecule has 1 N–H and O–H groups in total. The van der Waals surface area contributed by atoms with Gasteiger partial charge in [0.2, 0.25) is 0 Å². The number of rotatable bonds is 8. The maximum absolute atomic E-state index is 13.3. The predicted octanol–water partition coefficient (Wildman–Crippen LogP) is 3.95. The number of hydrogen-bond acceptors (Lipinski definition) is 7. The maximum Gasteiger partial charge on any atom is 0.266 e. The number of methoxy groups -OCH3 is 2. The van der Waals surface area contributed by atoms with Gasteiger partial charge in [0.15, 0.2) is 5.16 Å². The molecule has 8 nitrogen and oxygen atoms in total. The van der Waals surface area contributed by atoms with Crippen LogP contribution in [0.2, 0.25) is 0 Å². The number of fused-ring (bicyclic) bond motifs is 1. The second kappa shape index (κ2) is 10.9. The van der Waals surface area contributed by atoms with Crippen LogP contribution in [0, 0.1) is 6.92 Å². The molecule has 1 amide bonds. The summed E-state index contributed by atoms with van der Waals surface area (Å²) < 4.78 is 12.1. The molecule has 1 heterocycles. The normalized spacial score (nSPS) is 11.1. The van der Waals surface area contributed by atoms with E-state index >= 15 is 0 Å². The van der Waals surface area contributed by atoms with Crippen LogP contribution in [0.4, 0.5) is 0 Å². The highest BCUT2D eigenvalue weighted by Crippen LogP contribution is 2.24. The topological polar surface area (TPSA) is 94.8 Å². The molecular weight excluding hydrogens is 464 g/mol. The molecule has 0 saturated heterocycles. The molecule has 0 atom stereocenters. The van der Waals surface area contributed by atoms with Gasteiger partial charge >= 0.3 is 0 Å². The molecule has 4 aromatic rings. The van der Waals surface area contributed by atoms with E-state index in [0.717, 1.165) is 11.3 Å². The maximum atomic E-state index is 13.3. The number of thioether (sulfide) groups is 1. The van der Waals surface area contributed by atoms with Gasteiger partial charge in [-0.3, -0.25) is 14.2 Å². The first-order chi connectivity index (χ1) is 17.0. The molecular formula is C26H24N4O4S. The summed E-state index contributed by atoms with van der Waals surface area (Å²) in [5, 5.41) is 4.98. The van der Waals surface area contributed by atoms with Gasteiger partial charge in [0.05, 0.1) is 42.8 Å². The van der Waals surface area contributed by atoms with Crippen molar-refractivity contribution >= 4 is 34.8 Å². The second-order valence-corrected chi connectivity index (χ2v) is 8.47. The molecule has 0 aliphatic heterocycles. The van der Waals surface area contributed by atoms with Crippen LogP contribution >= 0.6 is 11.8 Å². The average molecular weight is 489 g/mol. The first-order valence-electron chi connectivity index (χ1n) is 10.8. The lowest BCUT2D eigenvalue weighted by Gasteiger charge is -2.14. The van der Waals surface area contributed by atoms with E-state index in [0.29, 0.717) is 33.1 Å². The first-order valence-corrected chi connectivity index (χ1v) is 11.7. The Morgan fingerprint density at radius 2 is 1.86 bits per heavy atom. The number of carbonyl (C=O) groups excluding carboxylic acids is 1. The molecule has 0 spiro atoms. The largest absolute Gasteiger partial charge is 0.497 e. The number of nitrogens with one attached hydrogen (secondary N) is 1. The summed E-state index contributed by atoms with van der Waals surface area (Å²) in [6, 6.07) is 20.0. The molecule has 0 saturated carbocycles. The van der Waals surface area contributed by atoms with Crippen molar-refractivity contribution in [2.24, 2.45) is 5.10 Å². The summed E-state index contributed by atoms with van der Waals surface area (Å²) in [7, 11) is 3.12. The number of nitrogens with zero attached hydrogens (tertiary/aromatic N) is 3. The fourth-order valence-corrected chi connectivity index (χ4v) is 4.30. The number of hydrazone groups is 1. The molecule has 35 heavy (non-hydrogen) atoms. The molecule has 0 bridgehead atoms. The number of hydrogen-bond donors (Lipinski definition) is 1. The highest BCUT2D eigenvalue weighted by molar-refractivity contribution is 7.99. The Morgan fingerprint density at radius 3 is 2.63 bits per heavy atom. The molecule has 4 rings (SSSR count). The number of aromatic nitrogens is 2. The van der Waals surface area contributed by atoms with Gasteiger partial charge in [-0.1, -0.05) is 42.1 Å². The van der Waals surface area contributed by atoms with E-state index in [4.69, 9.17) is 9.47 Å². The van der Waals surface area contributed by atoms with E-state index in [9.17, 15) is 9.59 Å². The number of benzene rings is 3. The predicted molar refractivity (Wildman–Crippen MR) is 138 cm³/mol. The Hall–Kier alpha value is -4.11. The molecule has 0 fully saturated rings. The smallest absolute Gasteiger partial charge is 0.266 e. The Morgan fingerprint density at radius 1 is 1.09 bits per heavy atom. The third-order valence-corrected chi connectivity index (χ3v) is 6.21. The number of para-hydroxylation sites is 2. The molecule has 0 radical (unpaired) electrons. The standard InChI is InChI=1S/C26H24N4O4S/c1-17-8-4-7-11-22(17)30-25(32)20-9-5-6-10-21(20)28-26(30)35-16-24(31)29-27-15-18-12-13-19(33-2)14-23(18)34-3/h4-15H,16H2,1-3H3,(H,29,31). The van der Waals surface area contributed by atoms with Crippen LogP contribution in [0.5, 0.6) is 11.5 Å². The van der Waals surface area contributed by atoms with Gasteiger partial charge in [0.25, 0.3) is 11.5 Å². The molecule has 9 heteroatoms. The zero-order valence-electron chi connectivity index (χ0n) is 19.5. The van der Waals surface area contributed by atoms with Crippen molar-refractivity contribution in [1.29, 1.82) is 0 Å². The van der Waals surface area contributed by atoms with Crippen molar-refractivity contribution in [3.05, 3.63) is 88.2 Å². The van der Waals surface area contributed by atoms with Gasteiger partial charge in [-0.05, 0) is 42.8 Å². The number of carbonyl (C=O) groups is 1. The van der Waals surface area contributed by atoms with Gasteiger partial charge < -0.3 is 9.47 Å². The molecule has 3 aromatic carbocycles. The zero-order chi connectivity index (χ0) is 24.8. The van der Waals surface area contributed by atoms with E-state index in [1.54, 1.807) is 49.1 Å². The van der Waals surface area contributed by atoms with Crippen molar-refractivity contribution in [2.75, 3.05) is 20.0 Å². The summed E-state index contributed by atoms with van der Waals surface area (Å²) in [5.41, 5.74) is 5.25. The summed E-state index contributed by atoms with van der Waals surface area (Å²) >= 11 is 1.17. The van der Waals surface area contributed by atoms with Crippen molar-refractivity contribution in [3.8, 4) is 17.2 Å². The minimum atomic E-state index is -0.336. The van der Waals surface area contributed by atoms with Crippen LogP contribution in [0.15, 0.2) is 81.8 Å². The number of ether oxygens (including phenoxy) is 2. The average Bonchev–Trinajstić information content (AvgIpc) is 2.88. The van der Waals surface area contributed by atoms with Crippen molar-refractivity contribution < 1.29 is 14.3 Å². The second-order valence-electron chi connectivity index (χ2n) is 7.53. The van der Waals surface area contributed by atoms with Gasteiger partial charge in [-0.2, -0.15) is 5.10 Å². The third kappa shape index (κ3) is 5.36. The lowest BCUT2D eigenvalue weighted by Crippen LogP contribution is -2.24. The van der Waals surface area contributed by atoms with Gasteiger partial charge in [-0.25, -0.2) is 10.4 Å². The summed E-state index contributed by atoms with van der Waals surface area (Å²) in [6.07, 6.45) is 1.50. The molecule has 0 aliphatic carbocycles. The highest BCUT2D eigenvalue weighted by atomic mass is 32.2. The lowest BCUT2D eigenvalue weighted by atomic mass is 10.2. The van der Waals surface area contributed by atoms with E-state index in [1.165, 1.54) is 18.0 Å². The SMILES string of the molecule is COc1ccc(C=NNC(=O)CSc2nc3ccccc3c(=O)n2-c2ccccc2C)c(OC)c1. The van der Waals surface area contributed by atoms with E-state index in [-0.39, 0.29) is 17.2 Å². The fraction of sp³-hybridized carbons (Fsp3) is 0.154. The Labute approximate surface area is 206 Å². The van der Waals surface area contributed by atoms with Crippen molar-refractivity contribution in [3.63, 3.8) is 0 Å². The molecule has 0 aliphatic rings. The van der Waals surface area contributed by atoms with Crippen LogP contribution in [0.25, 0.3) is 16.6 Å². The van der Waals surface area contributed by atoms with E-state index in [1.807, 2.05) is 43.3 Å². The minimum absolute atomic E-state index is 0.0216. The van der Waals surface area contributed by atoms with Crippen LogP contribution in [-0.2, 0) is 4.79 Å². The van der Waals surface area contributed by atoms with Crippen molar-refractivity contribution in [1.82, 2.24) is 15.0 Å². The lowest BCUT2D eigenvalue weighted by molar-refractivity contribution is -0.118. The van der Waals surface area contributed by atoms with Gasteiger partial charge in [-0.15, -0.1) is 0 Å². The van der Waals surface area contributed by atoms with Crippen LogP contribution in [-0.4, -0.2) is 41.6 Å². The van der Waals surface area contributed by atoms with Crippen molar-refractivity contribution in [2.45, 2.75) is 12.1 Å². The number of aryl methyl sites for hydroxylation is 1. The highest BCUT2D eigenvalue weighted by Gasteiger charge is 2.16. The van der Waals surface area contributed by atoms with E-state index < -0.39 is 0 Å². The Balaban J connectivity index is 1.55. The summed E-state index contributed by atoms with van der Waals surface area (Å²) in [5.74, 6) is 0.909. The number of amides is 1. The Kier molecular flexibility index (Phi) is 7.47. The Bertz CT molecular complexity index is 1470. The minimum Gasteiger partial charge on any atom is -0.497 e. The molecule has 0 unspecified atom stereocenters. The van der Waals surface area contributed by atoms with Crippen LogP contribution in [0.1, 0.15) is 11.1 Å².